The van der Waals surface area contributed by atoms with Crippen LogP contribution in [-0.4, -0.2) is 37.2 Å². The molecule has 0 aromatic rings. The smallest absolute Gasteiger partial charge is 0.306 e. The van der Waals surface area contributed by atoms with Crippen molar-refractivity contribution in [3.8, 4) is 0 Å². The van der Waals surface area contributed by atoms with E-state index in [9.17, 15) is 14.4 Å². The summed E-state index contributed by atoms with van der Waals surface area (Å²) in [5.74, 6) is -0.841. The van der Waals surface area contributed by atoms with Crippen molar-refractivity contribution in [1.82, 2.24) is 0 Å². The van der Waals surface area contributed by atoms with E-state index in [4.69, 9.17) is 14.2 Å². The molecule has 0 saturated heterocycles. The molecule has 0 heterocycles. The summed E-state index contributed by atoms with van der Waals surface area (Å²) in [6.07, 6.45) is 65.0. The van der Waals surface area contributed by atoms with Crippen molar-refractivity contribution in [1.29, 1.82) is 0 Å². The van der Waals surface area contributed by atoms with Gasteiger partial charge in [-0.25, -0.2) is 0 Å². The monoisotopic (exact) mass is 945 g/mol. The fourth-order valence-corrected chi connectivity index (χ4v) is 9.21. The van der Waals surface area contributed by atoms with Crippen molar-refractivity contribution >= 4 is 17.9 Å². The molecule has 0 N–H and O–H groups in total. The summed E-state index contributed by atoms with van der Waals surface area (Å²) in [4.78, 5) is 38.1. The summed E-state index contributed by atoms with van der Waals surface area (Å²) in [6, 6.07) is 0. The Labute approximate surface area is 418 Å². The van der Waals surface area contributed by atoms with Crippen LogP contribution in [0.4, 0.5) is 0 Å². The van der Waals surface area contributed by atoms with Crippen molar-refractivity contribution in [3.05, 3.63) is 12.2 Å². The predicted octanol–water partition coefficient (Wildman–Crippen LogP) is 20.1. The molecule has 1 unspecified atom stereocenters. The standard InChI is InChI=1S/C61H116O6/c1-4-7-10-13-16-19-22-24-26-28-29-30-31-32-33-34-36-37-39-42-45-48-51-54-60(63)66-57-58(56-65-59(62)53-50-47-44-41-21-18-15-12-9-6-3)67-61(64)55-52-49-46-43-40-38-35-27-25-23-20-17-14-11-8-5-2/h28-29,58H,4-27,30-57H2,1-3H3/b29-28-. The van der Waals surface area contributed by atoms with Crippen LogP contribution in [0.15, 0.2) is 12.2 Å². The number of carbonyl (C=O) groups is 3. The maximum absolute atomic E-state index is 12.8. The topological polar surface area (TPSA) is 78.9 Å². The van der Waals surface area contributed by atoms with Crippen LogP contribution in [0.5, 0.6) is 0 Å². The SMILES string of the molecule is CCCCCCCCCC/C=C\CCCCCCCCCCCCCC(=O)OCC(COC(=O)CCCCCCCCCCCC)OC(=O)CCCCCCCCCCCCCCCCCC. The lowest BCUT2D eigenvalue weighted by atomic mass is 10.0. The minimum atomic E-state index is -0.764. The zero-order chi connectivity index (χ0) is 48.6. The summed E-state index contributed by atoms with van der Waals surface area (Å²) in [5.41, 5.74) is 0. The van der Waals surface area contributed by atoms with Crippen molar-refractivity contribution in [3.63, 3.8) is 0 Å². The Balaban J connectivity index is 4.19. The van der Waals surface area contributed by atoms with Crippen molar-refractivity contribution in [2.75, 3.05) is 13.2 Å². The van der Waals surface area contributed by atoms with Crippen LogP contribution in [0, 0.1) is 0 Å². The van der Waals surface area contributed by atoms with Gasteiger partial charge < -0.3 is 14.2 Å². The highest BCUT2D eigenvalue weighted by molar-refractivity contribution is 5.71. The van der Waals surface area contributed by atoms with E-state index in [1.54, 1.807) is 0 Å². The van der Waals surface area contributed by atoms with Crippen LogP contribution < -0.4 is 0 Å². The average Bonchev–Trinajstić information content (AvgIpc) is 3.33. The number of allylic oxidation sites excluding steroid dienone is 2. The Morgan fingerprint density at radius 2 is 0.493 bits per heavy atom. The van der Waals surface area contributed by atoms with Gasteiger partial charge in [0.2, 0.25) is 0 Å². The van der Waals surface area contributed by atoms with Gasteiger partial charge in [-0.2, -0.15) is 0 Å². The molecule has 6 heteroatoms. The quantitative estimate of drug-likeness (QED) is 0.0262. The number of carbonyl (C=O) groups excluding carboxylic acids is 3. The Hall–Kier alpha value is -1.85. The van der Waals surface area contributed by atoms with Gasteiger partial charge in [-0.15, -0.1) is 0 Å². The van der Waals surface area contributed by atoms with Gasteiger partial charge in [-0.1, -0.05) is 290 Å². The number of hydrogen-bond donors (Lipinski definition) is 0. The third-order valence-electron chi connectivity index (χ3n) is 13.8. The molecule has 0 bridgehead atoms. The number of ether oxygens (including phenoxy) is 3. The van der Waals surface area contributed by atoms with E-state index in [-0.39, 0.29) is 31.1 Å². The van der Waals surface area contributed by atoms with Gasteiger partial charge in [-0.05, 0) is 44.9 Å². The zero-order valence-corrected chi connectivity index (χ0v) is 45.5. The number of esters is 3. The normalized spacial score (nSPS) is 12.0. The molecule has 1 atom stereocenters. The second-order valence-corrected chi connectivity index (χ2v) is 20.6. The molecule has 0 aliphatic rings. The van der Waals surface area contributed by atoms with E-state index < -0.39 is 6.10 Å². The first-order valence-corrected chi connectivity index (χ1v) is 30.2. The van der Waals surface area contributed by atoms with Crippen LogP contribution in [0.1, 0.15) is 342 Å². The molecule has 67 heavy (non-hydrogen) atoms. The predicted molar refractivity (Wildman–Crippen MR) is 289 cm³/mol. The zero-order valence-electron chi connectivity index (χ0n) is 45.5. The molecule has 0 rings (SSSR count). The molecule has 0 aliphatic carbocycles. The van der Waals surface area contributed by atoms with Crippen molar-refractivity contribution in [2.45, 2.75) is 348 Å². The molecule has 0 fully saturated rings. The third-order valence-corrected chi connectivity index (χ3v) is 13.8. The van der Waals surface area contributed by atoms with Gasteiger partial charge in [0.1, 0.15) is 13.2 Å². The Bertz CT molecular complexity index is 1040. The van der Waals surface area contributed by atoms with Crippen LogP contribution >= 0.6 is 0 Å². The van der Waals surface area contributed by atoms with E-state index in [1.807, 2.05) is 0 Å². The first kappa shape index (κ1) is 65.1. The fourth-order valence-electron chi connectivity index (χ4n) is 9.21. The molecule has 0 aromatic heterocycles. The third kappa shape index (κ3) is 55.0. The first-order valence-electron chi connectivity index (χ1n) is 30.2. The molecule has 396 valence electrons. The minimum absolute atomic E-state index is 0.0641. The molecule has 6 nitrogen and oxygen atoms in total. The number of rotatable bonds is 56. The van der Waals surface area contributed by atoms with Gasteiger partial charge in [0.15, 0.2) is 6.10 Å². The van der Waals surface area contributed by atoms with Gasteiger partial charge >= 0.3 is 17.9 Å². The second kappa shape index (κ2) is 56.7. The fraction of sp³-hybridized carbons (Fsp3) is 0.918. The largest absolute Gasteiger partial charge is 0.462 e. The summed E-state index contributed by atoms with van der Waals surface area (Å²) < 4.78 is 16.9. The Morgan fingerprint density at radius 1 is 0.284 bits per heavy atom. The highest BCUT2D eigenvalue weighted by atomic mass is 16.6. The number of hydrogen-bond acceptors (Lipinski definition) is 6. The lowest BCUT2D eigenvalue weighted by molar-refractivity contribution is -0.167. The summed E-state index contributed by atoms with van der Waals surface area (Å²) in [7, 11) is 0. The summed E-state index contributed by atoms with van der Waals surface area (Å²) in [5, 5.41) is 0. The molecule has 0 aromatic carbocycles. The maximum Gasteiger partial charge on any atom is 0.306 e. The molecular weight excluding hydrogens is 829 g/mol. The van der Waals surface area contributed by atoms with Gasteiger partial charge in [-0.3, -0.25) is 14.4 Å². The van der Waals surface area contributed by atoms with E-state index in [0.29, 0.717) is 19.3 Å². The van der Waals surface area contributed by atoms with E-state index in [1.165, 1.54) is 244 Å². The lowest BCUT2D eigenvalue weighted by Crippen LogP contribution is -2.30. The van der Waals surface area contributed by atoms with Crippen LogP contribution in [0.25, 0.3) is 0 Å². The summed E-state index contributed by atoms with van der Waals surface area (Å²) >= 11 is 0. The van der Waals surface area contributed by atoms with E-state index >= 15 is 0 Å². The average molecular weight is 946 g/mol. The molecule has 0 saturated carbocycles. The van der Waals surface area contributed by atoms with Crippen molar-refractivity contribution < 1.29 is 28.6 Å². The molecule has 0 amide bonds. The highest BCUT2D eigenvalue weighted by Crippen LogP contribution is 2.17. The molecular formula is C61H116O6. The van der Waals surface area contributed by atoms with E-state index in [2.05, 4.69) is 32.9 Å². The van der Waals surface area contributed by atoms with Gasteiger partial charge in [0.05, 0.1) is 0 Å². The Kier molecular flexibility index (Phi) is 55.2. The highest BCUT2D eigenvalue weighted by Gasteiger charge is 2.19. The van der Waals surface area contributed by atoms with Gasteiger partial charge in [0, 0.05) is 19.3 Å². The first-order chi connectivity index (χ1) is 33.0. The van der Waals surface area contributed by atoms with Crippen LogP contribution in [-0.2, 0) is 28.6 Å². The molecule has 0 radical (unpaired) electrons. The van der Waals surface area contributed by atoms with E-state index in [0.717, 1.165) is 57.8 Å². The van der Waals surface area contributed by atoms with Crippen LogP contribution in [0.2, 0.25) is 0 Å². The van der Waals surface area contributed by atoms with Crippen LogP contribution in [0.3, 0.4) is 0 Å². The maximum atomic E-state index is 12.8. The minimum Gasteiger partial charge on any atom is -0.462 e. The summed E-state index contributed by atoms with van der Waals surface area (Å²) in [6.45, 7) is 6.69. The molecule has 0 spiro atoms. The lowest BCUT2D eigenvalue weighted by Gasteiger charge is -2.18. The van der Waals surface area contributed by atoms with Gasteiger partial charge in [0.25, 0.3) is 0 Å². The Morgan fingerprint density at radius 3 is 0.746 bits per heavy atom. The second-order valence-electron chi connectivity index (χ2n) is 20.6. The van der Waals surface area contributed by atoms with Crippen molar-refractivity contribution in [2.24, 2.45) is 0 Å². The molecule has 0 aliphatic heterocycles. The number of unbranched alkanes of at least 4 members (excludes halogenated alkanes) is 43.